The van der Waals surface area contributed by atoms with Crippen molar-refractivity contribution in [3.8, 4) is 5.75 Å². The van der Waals surface area contributed by atoms with Gasteiger partial charge in [-0.05, 0) is 44.0 Å². The fourth-order valence-corrected chi connectivity index (χ4v) is 3.92. The molecule has 5 nitrogen and oxygen atoms in total. The molecule has 0 amide bonds. The molecule has 3 aromatic rings. The minimum Gasteiger partial charge on any atom is -0.503 e. The van der Waals surface area contributed by atoms with E-state index < -0.39 is 35.2 Å². The largest absolute Gasteiger partial charge is 0.503 e. The third kappa shape index (κ3) is 4.19. The first-order valence-corrected chi connectivity index (χ1v) is 10.7. The lowest BCUT2D eigenvalue weighted by Crippen LogP contribution is -2.17. The second-order valence-corrected chi connectivity index (χ2v) is 8.24. The summed E-state index contributed by atoms with van der Waals surface area (Å²) >= 11 is 11.9. The van der Waals surface area contributed by atoms with Crippen LogP contribution in [0.25, 0.3) is 10.9 Å². The second-order valence-electron chi connectivity index (χ2n) is 7.43. The van der Waals surface area contributed by atoms with Crippen molar-refractivity contribution in [2.24, 2.45) is 0 Å². The SMILES string of the molecule is CCCCOC(=O)[C@@H](C)c1c(C)n(C(=O)c2ccc(Cl)c(Cl)c2)c2cc(F)c(O)c(F)c12. The fourth-order valence-electron chi connectivity index (χ4n) is 3.62. The molecule has 0 saturated carbocycles. The molecule has 1 atom stereocenters. The first-order chi connectivity index (χ1) is 15.1. The van der Waals surface area contributed by atoms with E-state index in [-0.39, 0.29) is 44.4 Å². The molecule has 32 heavy (non-hydrogen) atoms. The maximum absolute atomic E-state index is 15.0. The Bertz CT molecular complexity index is 1220. The third-order valence-corrected chi connectivity index (χ3v) is 6.05. The van der Waals surface area contributed by atoms with Gasteiger partial charge in [0.15, 0.2) is 17.4 Å². The molecule has 0 bridgehead atoms. The Morgan fingerprint density at radius 3 is 2.50 bits per heavy atom. The van der Waals surface area contributed by atoms with Gasteiger partial charge < -0.3 is 9.84 Å². The van der Waals surface area contributed by atoms with Crippen LogP contribution in [0.3, 0.4) is 0 Å². The van der Waals surface area contributed by atoms with Crippen LogP contribution in [0.1, 0.15) is 54.2 Å². The Balaban J connectivity index is 2.24. The van der Waals surface area contributed by atoms with Gasteiger partial charge in [0.1, 0.15) is 0 Å². The summed E-state index contributed by atoms with van der Waals surface area (Å²) in [5, 5.41) is 10.00. The van der Waals surface area contributed by atoms with E-state index in [1.165, 1.54) is 32.0 Å². The summed E-state index contributed by atoms with van der Waals surface area (Å²) in [4.78, 5) is 25.9. The number of aromatic hydroxyl groups is 1. The normalized spacial score (nSPS) is 12.2. The highest BCUT2D eigenvalue weighted by Crippen LogP contribution is 2.39. The van der Waals surface area contributed by atoms with Gasteiger partial charge in [0.05, 0.1) is 28.1 Å². The average molecular weight is 484 g/mol. The molecule has 0 aliphatic carbocycles. The van der Waals surface area contributed by atoms with E-state index >= 15 is 4.39 Å². The number of halogens is 4. The van der Waals surface area contributed by atoms with Crippen LogP contribution in [-0.2, 0) is 9.53 Å². The van der Waals surface area contributed by atoms with Crippen LogP contribution in [-0.4, -0.2) is 28.2 Å². The van der Waals surface area contributed by atoms with Crippen molar-refractivity contribution in [2.45, 2.75) is 39.5 Å². The van der Waals surface area contributed by atoms with Crippen LogP contribution < -0.4 is 0 Å². The molecule has 0 radical (unpaired) electrons. The predicted molar refractivity (Wildman–Crippen MR) is 119 cm³/mol. The molecule has 1 aromatic heterocycles. The molecule has 9 heteroatoms. The van der Waals surface area contributed by atoms with Crippen LogP contribution >= 0.6 is 23.2 Å². The van der Waals surface area contributed by atoms with Crippen molar-refractivity contribution in [3.05, 3.63) is 62.8 Å². The summed E-state index contributed by atoms with van der Waals surface area (Å²) in [6.07, 6.45) is 1.48. The Morgan fingerprint density at radius 2 is 1.88 bits per heavy atom. The second kappa shape index (κ2) is 9.46. The number of hydrogen-bond donors (Lipinski definition) is 1. The molecule has 0 fully saturated rings. The molecule has 170 valence electrons. The molecular formula is C23H21Cl2F2NO4. The Morgan fingerprint density at radius 1 is 1.19 bits per heavy atom. The first-order valence-electron chi connectivity index (χ1n) is 9.98. The van der Waals surface area contributed by atoms with Gasteiger partial charge in [-0.2, -0.15) is 0 Å². The zero-order valence-corrected chi connectivity index (χ0v) is 19.2. The van der Waals surface area contributed by atoms with Crippen LogP contribution in [0.15, 0.2) is 24.3 Å². The molecule has 0 unspecified atom stereocenters. The van der Waals surface area contributed by atoms with Gasteiger partial charge in [0, 0.05) is 22.7 Å². The third-order valence-electron chi connectivity index (χ3n) is 5.31. The lowest BCUT2D eigenvalue weighted by atomic mass is 9.97. The van der Waals surface area contributed by atoms with Gasteiger partial charge in [0.25, 0.3) is 5.91 Å². The van der Waals surface area contributed by atoms with E-state index in [1.807, 2.05) is 6.92 Å². The monoisotopic (exact) mass is 483 g/mol. The Kier molecular flexibility index (Phi) is 7.10. The first kappa shape index (κ1) is 24.0. The topological polar surface area (TPSA) is 68.5 Å². The molecule has 2 aromatic carbocycles. The molecule has 0 aliphatic heterocycles. The van der Waals surface area contributed by atoms with Crippen molar-refractivity contribution in [1.29, 1.82) is 0 Å². The number of phenols is 1. The van der Waals surface area contributed by atoms with Crippen molar-refractivity contribution in [3.63, 3.8) is 0 Å². The molecule has 3 rings (SSSR count). The zero-order chi connectivity index (χ0) is 23.7. The number of carbonyl (C=O) groups excluding carboxylic acids is 2. The fraction of sp³-hybridized carbons (Fsp3) is 0.304. The van der Waals surface area contributed by atoms with E-state index in [4.69, 9.17) is 27.9 Å². The number of fused-ring (bicyclic) bond motifs is 1. The number of aromatic nitrogens is 1. The van der Waals surface area contributed by atoms with Gasteiger partial charge >= 0.3 is 5.97 Å². The molecule has 1 heterocycles. The van der Waals surface area contributed by atoms with Crippen molar-refractivity contribution in [1.82, 2.24) is 4.57 Å². The summed E-state index contributed by atoms with van der Waals surface area (Å²) in [6.45, 7) is 5.15. The number of rotatable bonds is 6. The van der Waals surface area contributed by atoms with E-state index in [0.29, 0.717) is 6.42 Å². The molecule has 0 saturated heterocycles. The molecule has 0 aliphatic rings. The lowest BCUT2D eigenvalue weighted by molar-refractivity contribution is -0.145. The number of ether oxygens (including phenoxy) is 1. The minimum absolute atomic E-state index is 0.123. The van der Waals surface area contributed by atoms with Crippen LogP contribution in [0.4, 0.5) is 8.78 Å². The standard InChI is InChI=1S/C23H21Cl2F2NO4/c1-4-5-8-32-23(31)11(2)18-12(3)28(17-10-16(26)21(29)20(27)19(17)18)22(30)13-6-7-14(24)15(25)9-13/h6-7,9-11,29H,4-5,8H2,1-3H3/t11-/m0/s1. The summed E-state index contributed by atoms with van der Waals surface area (Å²) in [5.74, 6) is -5.91. The smallest absolute Gasteiger partial charge is 0.313 e. The van der Waals surface area contributed by atoms with E-state index in [1.54, 1.807) is 0 Å². The van der Waals surface area contributed by atoms with E-state index in [2.05, 4.69) is 0 Å². The zero-order valence-electron chi connectivity index (χ0n) is 17.6. The summed E-state index contributed by atoms with van der Waals surface area (Å²) in [5.41, 5.74) is 0.329. The molecule has 0 spiro atoms. The highest BCUT2D eigenvalue weighted by atomic mass is 35.5. The van der Waals surface area contributed by atoms with Crippen molar-refractivity contribution in [2.75, 3.05) is 6.61 Å². The predicted octanol–water partition coefficient (Wildman–Crippen LogP) is 6.38. The number of phenolic OH excluding ortho intramolecular Hbond substituents is 1. The maximum atomic E-state index is 15.0. The molecular weight excluding hydrogens is 463 g/mol. The van der Waals surface area contributed by atoms with Gasteiger partial charge in [0.2, 0.25) is 0 Å². The number of unbranched alkanes of at least 4 members (excludes halogenated alkanes) is 1. The Hall–Kier alpha value is -2.64. The van der Waals surface area contributed by atoms with Gasteiger partial charge in [-0.15, -0.1) is 0 Å². The number of benzene rings is 2. The van der Waals surface area contributed by atoms with Crippen LogP contribution in [0.5, 0.6) is 5.75 Å². The van der Waals surface area contributed by atoms with Gasteiger partial charge in [-0.3, -0.25) is 14.2 Å². The highest BCUT2D eigenvalue weighted by molar-refractivity contribution is 6.42. The lowest BCUT2D eigenvalue weighted by Gasteiger charge is -2.13. The number of carbonyl (C=O) groups is 2. The maximum Gasteiger partial charge on any atom is 0.313 e. The van der Waals surface area contributed by atoms with Gasteiger partial charge in [-0.25, -0.2) is 8.78 Å². The average Bonchev–Trinajstić information content (AvgIpc) is 3.04. The summed E-state index contributed by atoms with van der Waals surface area (Å²) < 4.78 is 35.6. The van der Waals surface area contributed by atoms with Crippen molar-refractivity contribution >= 4 is 46.0 Å². The quantitative estimate of drug-likeness (QED) is 0.326. The van der Waals surface area contributed by atoms with Crippen molar-refractivity contribution < 1.29 is 28.2 Å². The number of hydrogen-bond acceptors (Lipinski definition) is 4. The van der Waals surface area contributed by atoms with Gasteiger partial charge in [-0.1, -0.05) is 36.5 Å². The molecule has 1 N–H and O–H groups in total. The van der Waals surface area contributed by atoms with Crippen LogP contribution in [0.2, 0.25) is 10.0 Å². The summed E-state index contributed by atoms with van der Waals surface area (Å²) in [6, 6.07) is 5.05. The highest BCUT2D eigenvalue weighted by Gasteiger charge is 2.31. The van der Waals surface area contributed by atoms with Crippen LogP contribution in [0, 0.1) is 18.6 Å². The number of nitrogens with zero attached hydrogens (tertiary/aromatic N) is 1. The van der Waals surface area contributed by atoms with E-state index in [0.717, 1.165) is 17.1 Å². The minimum atomic E-state index is -1.26. The number of esters is 1. The van der Waals surface area contributed by atoms with E-state index in [9.17, 15) is 19.1 Å². The Labute approximate surface area is 193 Å². The summed E-state index contributed by atoms with van der Waals surface area (Å²) in [7, 11) is 0.